The maximum Gasteiger partial charge on any atom is 0.416 e. The topological polar surface area (TPSA) is 29.1 Å². The van der Waals surface area contributed by atoms with E-state index >= 15 is 0 Å². The first-order chi connectivity index (χ1) is 8.36. The second-order valence-electron chi connectivity index (χ2n) is 3.80. The summed E-state index contributed by atoms with van der Waals surface area (Å²) in [6.45, 7) is 2.21. The minimum Gasteiger partial charge on any atom is -0.352 e. The van der Waals surface area contributed by atoms with Gasteiger partial charge in [-0.05, 0) is 24.6 Å². The largest absolute Gasteiger partial charge is 0.416 e. The molecule has 0 saturated heterocycles. The zero-order valence-electron chi connectivity index (χ0n) is 9.77. The van der Waals surface area contributed by atoms with Crippen LogP contribution in [0.25, 0.3) is 0 Å². The van der Waals surface area contributed by atoms with Crippen LogP contribution in [0.2, 0.25) is 0 Å². The zero-order chi connectivity index (χ0) is 13.8. The molecule has 2 nitrogen and oxygen atoms in total. The molecule has 1 aromatic carbocycles. The number of hydrogen-bond acceptors (Lipinski definition) is 1. The molecule has 0 saturated carbocycles. The fourth-order valence-electron chi connectivity index (χ4n) is 1.35. The molecule has 1 aromatic rings. The average Bonchev–Trinajstić information content (AvgIpc) is 2.28. The number of alkyl halides is 3. The fourth-order valence-corrected chi connectivity index (χ4v) is 1.35. The Bertz CT molecular complexity index is 429. The van der Waals surface area contributed by atoms with Gasteiger partial charge in [-0.15, -0.1) is 0 Å². The standard InChI is InChI=1S/C12H13F4NO/c1-2-3-6-17-11(18)9-7-8(12(14,15)16)4-5-10(9)13/h4-5,7H,2-3,6H2,1H3,(H,17,18). The van der Waals surface area contributed by atoms with E-state index in [0.717, 1.165) is 6.42 Å². The van der Waals surface area contributed by atoms with Gasteiger partial charge in [0.15, 0.2) is 0 Å². The van der Waals surface area contributed by atoms with Crippen molar-refractivity contribution in [1.29, 1.82) is 0 Å². The molecule has 1 amide bonds. The maximum atomic E-state index is 13.3. The predicted octanol–water partition coefficient (Wildman–Crippen LogP) is 3.37. The van der Waals surface area contributed by atoms with Crippen LogP contribution in [0.5, 0.6) is 0 Å². The SMILES string of the molecule is CCCCNC(=O)c1cc(C(F)(F)F)ccc1F. The minimum atomic E-state index is -4.59. The second kappa shape index (κ2) is 5.84. The normalized spacial score (nSPS) is 11.4. The predicted molar refractivity (Wildman–Crippen MR) is 58.6 cm³/mol. The summed E-state index contributed by atoms with van der Waals surface area (Å²) in [4.78, 5) is 11.5. The molecule has 1 N–H and O–H groups in total. The molecule has 0 fully saturated rings. The van der Waals surface area contributed by atoms with E-state index in [-0.39, 0.29) is 0 Å². The molecule has 0 heterocycles. The number of carbonyl (C=O) groups excluding carboxylic acids is 1. The van der Waals surface area contributed by atoms with Gasteiger partial charge in [-0.2, -0.15) is 13.2 Å². The highest BCUT2D eigenvalue weighted by Crippen LogP contribution is 2.30. The Morgan fingerprint density at radius 1 is 1.33 bits per heavy atom. The van der Waals surface area contributed by atoms with E-state index in [1.807, 2.05) is 6.92 Å². The van der Waals surface area contributed by atoms with Crippen LogP contribution in [0.3, 0.4) is 0 Å². The minimum absolute atomic E-state index is 0.311. The molecule has 0 aromatic heterocycles. The first-order valence-electron chi connectivity index (χ1n) is 5.51. The molecule has 0 atom stereocenters. The average molecular weight is 263 g/mol. The quantitative estimate of drug-likeness (QED) is 0.655. The van der Waals surface area contributed by atoms with Crippen molar-refractivity contribution in [2.45, 2.75) is 25.9 Å². The molecular formula is C12H13F4NO. The van der Waals surface area contributed by atoms with Crippen LogP contribution >= 0.6 is 0 Å². The molecule has 0 unspecified atom stereocenters. The van der Waals surface area contributed by atoms with Gasteiger partial charge >= 0.3 is 6.18 Å². The summed E-state index contributed by atoms with van der Waals surface area (Å²) in [5.74, 6) is -1.79. The Labute approximate surface area is 102 Å². The summed E-state index contributed by atoms with van der Waals surface area (Å²) in [5.41, 5.74) is -1.62. The van der Waals surface area contributed by atoms with E-state index < -0.39 is 29.0 Å². The van der Waals surface area contributed by atoms with Crippen molar-refractivity contribution in [3.05, 3.63) is 35.1 Å². The summed E-state index contributed by atoms with van der Waals surface area (Å²) >= 11 is 0. The van der Waals surface area contributed by atoms with Gasteiger partial charge in [-0.3, -0.25) is 4.79 Å². The highest BCUT2D eigenvalue weighted by atomic mass is 19.4. The number of carbonyl (C=O) groups is 1. The lowest BCUT2D eigenvalue weighted by Crippen LogP contribution is -2.25. The highest BCUT2D eigenvalue weighted by molar-refractivity contribution is 5.94. The lowest BCUT2D eigenvalue weighted by atomic mass is 10.1. The Hall–Kier alpha value is -1.59. The van der Waals surface area contributed by atoms with Gasteiger partial charge in [0.05, 0.1) is 11.1 Å². The van der Waals surface area contributed by atoms with Crippen LogP contribution in [-0.2, 0) is 6.18 Å². The number of rotatable bonds is 4. The van der Waals surface area contributed by atoms with Crippen molar-refractivity contribution in [1.82, 2.24) is 5.32 Å². The summed E-state index contributed by atoms with van der Waals surface area (Å²) in [5, 5.41) is 2.37. The van der Waals surface area contributed by atoms with Crippen molar-refractivity contribution in [3.8, 4) is 0 Å². The van der Waals surface area contributed by atoms with E-state index in [2.05, 4.69) is 5.32 Å². The van der Waals surface area contributed by atoms with Gasteiger partial charge in [0, 0.05) is 6.54 Å². The van der Waals surface area contributed by atoms with Crippen molar-refractivity contribution in [2.75, 3.05) is 6.54 Å². The summed E-state index contributed by atoms with van der Waals surface area (Å²) in [6, 6.07) is 1.78. The first kappa shape index (κ1) is 14.5. The number of benzene rings is 1. The van der Waals surface area contributed by atoms with Crippen LogP contribution in [0.15, 0.2) is 18.2 Å². The monoisotopic (exact) mass is 263 g/mol. The van der Waals surface area contributed by atoms with E-state index in [0.29, 0.717) is 31.2 Å². The molecule has 0 aliphatic carbocycles. The van der Waals surface area contributed by atoms with E-state index in [4.69, 9.17) is 0 Å². The molecule has 6 heteroatoms. The maximum absolute atomic E-state index is 13.3. The number of hydrogen-bond donors (Lipinski definition) is 1. The lowest BCUT2D eigenvalue weighted by Gasteiger charge is -2.10. The first-order valence-corrected chi connectivity index (χ1v) is 5.51. The molecule has 0 bridgehead atoms. The molecule has 0 aliphatic heterocycles. The Morgan fingerprint density at radius 3 is 2.56 bits per heavy atom. The molecule has 18 heavy (non-hydrogen) atoms. The zero-order valence-corrected chi connectivity index (χ0v) is 9.77. The van der Waals surface area contributed by atoms with E-state index in [9.17, 15) is 22.4 Å². The van der Waals surface area contributed by atoms with Gasteiger partial charge in [0.1, 0.15) is 5.82 Å². The fraction of sp³-hybridized carbons (Fsp3) is 0.417. The highest BCUT2D eigenvalue weighted by Gasteiger charge is 2.31. The van der Waals surface area contributed by atoms with Gasteiger partial charge in [0.2, 0.25) is 0 Å². The molecule has 0 radical (unpaired) electrons. The van der Waals surface area contributed by atoms with E-state index in [1.165, 1.54) is 0 Å². The third-order valence-corrected chi connectivity index (χ3v) is 2.35. The van der Waals surface area contributed by atoms with E-state index in [1.54, 1.807) is 0 Å². The van der Waals surface area contributed by atoms with Gasteiger partial charge in [0.25, 0.3) is 5.91 Å². The van der Waals surface area contributed by atoms with Crippen LogP contribution in [-0.4, -0.2) is 12.5 Å². The third-order valence-electron chi connectivity index (χ3n) is 2.35. The van der Waals surface area contributed by atoms with Crippen LogP contribution in [0.1, 0.15) is 35.7 Å². The molecule has 0 aliphatic rings. The Balaban J connectivity index is 2.90. The second-order valence-corrected chi connectivity index (χ2v) is 3.80. The molecular weight excluding hydrogens is 250 g/mol. The molecule has 0 spiro atoms. The van der Waals surface area contributed by atoms with Crippen LogP contribution in [0, 0.1) is 5.82 Å². The summed E-state index contributed by atoms with van der Waals surface area (Å²) in [7, 11) is 0. The number of unbranched alkanes of at least 4 members (excludes halogenated alkanes) is 1. The molecule has 100 valence electrons. The number of nitrogens with one attached hydrogen (secondary N) is 1. The smallest absolute Gasteiger partial charge is 0.352 e. The van der Waals surface area contributed by atoms with Crippen molar-refractivity contribution >= 4 is 5.91 Å². The van der Waals surface area contributed by atoms with Gasteiger partial charge in [-0.25, -0.2) is 4.39 Å². The Morgan fingerprint density at radius 2 is 2.00 bits per heavy atom. The third kappa shape index (κ3) is 3.72. The Kier molecular flexibility index (Phi) is 4.69. The van der Waals surface area contributed by atoms with Crippen LogP contribution < -0.4 is 5.32 Å². The summed E-state index contributed by atoms with van der Waals surface area (Å²) in [6.07, 6.45) is -3.08. The number of halogens is 4. The van der Waals surface area contributed by atoms with Gasteiger partial charge < -0.3 is 5.32 Å². The van der Waals surface area contributed by atoms with Crippen molar-refractivity contribution in [3.63, 3.8) is 0 Å². The summed E-state index contributed by atoms with van der Waals surface area (Å²) < 4.78 is 50.5. The number of amides is 1. The molecule has 1 rings (SSSR count). The lowest BCUT2D eigenvalue weighted by molar-refractivity contribution is -0.137. The van der Waals surface area contributed by atoms with Crippen molar-refractivity contribution in [2.24, 2.45) is 0 Å². The van der Waals surface area contributed by atoms with Crippen LogP contribution in [0.4, 0.5) is 17.6 Å². The van der Waals surface area contributed by atoms with Crippen molar-refractivity contribution < 1.29 is 22.4 Å². The van der Waals surface area contributed by atoms with Gasteiger partial charge in [-0.1, -0.05) is 13.3 Å².